The summed E-state index contributed by atoms with van der Waals surface area (Å²) in [5.41, 5.74) is 3.22. The predicted octanol–water partition coefficient (Wildman–Crippen LogP) is 5.46. The minimum Gasteiger partial charge on any atom is -0.483 e. The Bertz CT molecular complexity index is 924. The molecule has 3 aromatic rings. The van der Waals surface area contributed by atoms with Gasteiger partial charge in [-0.25, -0.2) is 4.98 Å². The molecule has 4 nitrogen and oxygen atoms in total. The molecular weight excluding hydrogens is 456 g/mol. The summed E-state index contributed by atoms with van der Waals surface area (Å²) in [5.74, 6) is 0.377. The van der Waals surface area contributed by atoms with Crippen molar-refractivity contribution < 1.29 is 9.53 Å². The fourth-order valence-corrected chi connectivity index (χ4v) is 4.53. The molecule has 0 atom stereocenters. The summed E-state index contributed by atoms with van der Waals surface area (Å²) in [6.07, 6.45) is 0. The predicted molar refractivity (Wildman–Crippen MR) is 105 cm³/mol. The molecule has 1 N–H and O–H groups in total. The first-order valence-electron chi connectivity index (χ1n) is 7.18. The van der Waals surface area contributed by atoms with Crippen molar-refractivity contribution in [2.75, 3.05) is 11.9 Å². The number of aromatic nitrogens is 1. The molecule has 124 valence electrons. The second kappa shape index (κ2) is 7.21. The van der Waals surface area contributed by atoms with E-state index >= 15 is 0 Å². The van der Waals surface area contributed by atoms with Crippen LogP contribution in [0.2, 0.25) is 0 Å². The Hall–Kier alpha value is -1.44. The van der Waals surface area contributed by atoms with Crippen molar-refractivity contribution in [1.29, 1.82) is 0 Å². The molecule has 0 saturated heterocycles. The van der Waals surface area contributed by atoms with Gasteiger partial charge in [-0.15, -0.1) is 0 Å². The third kappa shape index (κ3) is 3.96. The zero-order chi connectivity index (χ0) is 17.3. The lowest BCUT2D eigenvalue weighted by Gasteiger charge is -2.07. The van der Waals surface area contributed by atoms with Crippen LogP contribution in [0.1, 0.15) is 11.1 Å². The number of carbonyl (C=O) groups is 1. The highest BCUT2D eigenvalue weighted by molar-refractivity contribution is 9.11. The van der Waals surface area contributed by atoms with Gasteiger partial charge in [-0.1, -0.05) is 33.3 Å². The molecule has 24 heavy (non-hydrogen) atoms. The monoisotopic (exact) mass is 468 g/mol. The van der Waals surface area contributed by atoms with E-state index in [2.05, 4.69) is 54.3 Å². The largest absolute Gasteiger partial charge is 0.483 e. The summed E-state index contributed by atoms with van der Waals surface area (Å²) in [7, 11) is 0. The Morgan fingerprint density at radius 2 is 2.04 bits per heavy atom. The van der Waals surface area contributed by atoms with E-state index in [9.17, 15) is 4.79 Å². The van der Waals surface area contributed by atoms with Gasteiger partial charge in [0.2, 0.25) is 0 Å². The van der Waals surface area contributed by atoms with Gasteiger partial charge in [-0.3, -0.25) is 10.1 Å². The number of rotatable bonds is 4. The van der Waals surface area contributed by atoms with Crippen molar-refractivity contribution in [3.8, 4) is 5.75 Å². The van der Waals surface area contributed by atoms with E-state index in [1.54, 1.807) is 6.07 Å². The van der Waals surface area contributed by atoms with Gasteiger partial charge in [0.1, 0.15) is 5.75 Å². The molecule has 0 spiro atoms. The topological polar surface area (TPSA) is 51.2 Å². The SMILES string of the molecule is Cc1cc(C)c2nc(NC(=O)COc3ccc(Br)cc3Br)sc2c1. The van der Waals surface area contributed by atoms with Crippen molar-refractivity contribution >= 4 is 64.5 Å². The van der Waals surface area contributed by atoms with Crippen LogP contribution in [0.4, 0.5) is 5.13 Å². The zero-order valence-electron chi connectivity index (χ0n) is 13.0. The lowest BCUT2D eigenvalue weighted by atomic mass is 10.1. The molecule has 0 fully saturated rings. The lowest BCUT2D eigenvalue weighted by molar-refractivity contribution is -0.118. The molecule has 0 bridgehead atoms. The zero-order valence-corrected chi connectivity index (χ0v) is 17.0. The first-order chi connectivity index (χ1) is 11.4. The first kappa shape index (κ1) is 17.4. The Morgan fingerprint density at radius 1 is 1.25 bits per heavy atom. The molecule has 0 saturated carbocycles. The molecule has 0 aliphatic heterocycles. The summed E-state index contributed by atoms with van der Waals surface area (Å²) >= 11 is 8.25. The Kier molecular flexibility index (Phi) is 5.22. The number of amides is 1. The molecule has 0 aliphatic rings. The minimum absolute atomic E-state index is 0.0752. The maximum absolute atomic E-state index is 12.1. The number of ether oxygens (including phenoxy) is 1. The quantitative estimate of drug-likeness (QED) is 0.552. The van der Waals surface area contributed by atoms with E-state index in [0.717, 1.165) is 24.7 Å². The number of fused-ring (bicyclic) bond motifs is 1. The minimum atomic E-state index is -0.238. The summed E-state index contributed by atoms with van der Waals surface area (Å²) in [6, 6.07) is 9.68. The van der Waals surface area contributed by atoms with Crippen LogP contribution < -0.4 is 10.1 Å². The molecule has 1 aromatic heterocycles. The van der Waals surface area contributed by atoms with Gasteiger partial charge >= 0.3 is 0 Å². The van der Waals surface area contributed by atoms with Gasteiger partial charge in [0, 0.05) is 4.47 Å². The number of hydrogen-bond acceptors (Lipinski definition) is 4. The molecule has 0 radical (unpaired) electrons. The number of hydrogen-bond donors (Lipinski definition) is 1. The standard InChI is InChI=1S/C17H14Br2N2O2S/c1-9-5-10(2)16-14(6-9)24-17(21-16)20-15(22)8-23-13-4-3-11(18)7-12(13)19/h3-7H,8H2,1-2H3,(H,20,21,22). The molecule has 7 heteroatoms. The lowest BCUT2D eigenvalue weighted by Crippen LogP contribution is -2.20. The van der Waals surface area contributed by atoms with Crippen LogP contribution in [0.25, 0.3) is 10.2 Å². The Balaban J connectivity index is 1.67. The van der Waals surface area contributed by atoms with Gasteiger partial charge < -0.3 is 4.74 Å². The highest BCUT2D eigenvalue weighted by Gasteiger charge is 2.11. The van der Waals surface area contributed by atoms with Crippen LogP contribution in [0.3, 0.4) is 0 Å². The Labute approximate surface area is 160 Å². The number of aryl methyl sites for hydroxylation is 2. The highest BCUT2D eigenvalue weighted by Crippen LogP contribution is 2.30. The molecule has 1 heterocycles. The van der Waals surface area contributed by atoms with Crippen LogP contribution in [0.15, 0.2) is 39.3 Å². The summed E-state index contributed by atoms with van der Waals surface area (Å²) in [5, 5.41) is 3.38. The van der Waals surface area contributed by atoms with Crippen LogP contribution in [0, 0.1) is 13.8 Å². The second-order valence-corrected chi connectivity index (χ2v) is 8.16. The molecule has 0 aliphatic carbocycles. The third-order valence-corrected chi connectivity index (χ3v) is 5.36. The van der Waals surface area contributed by atoms with E-state index in [1.807, 2.05) is 26.0 Å². The van der Waals surface area contributed by atoms with Gasteiger partial charge in [-0.2, -0.15) is 0 Å². The van der Waals surface area contributed by atoms with Crippen LogP contribution in [-0.2, 0) is 4.79 Å². The number of benzene rings is 2. The molecule has 2 aromatic carbocycles. The number of nitrogens with zero attached hydrogens (tertiary/aromatic N) is 1. The molecule has 0 unspecified atom stereocenters. The smallest absolute Gasteiger partial charge is 0.264 e. The van der Waals surface area contributed by atoms with E-state index in [1.165, 1.54) is 16.9 Å². The first-order valence-corrected chi connectivity index (χ1v) is 9.58. The number of halogens is 2. The number of carbonyl (C=O) groups excluding carboxylic acids is 1. The fourth-order valence-electron chi connectivity index (χ4n) is 2.31. The maximum atomic E-state index is 12.1. The molecule has 1 amide bonds. The van der Waals surface area contributed by atoms with Gasteiger partial charge in [0.25, 0.3) is 5.91 Å². The van der Waals surface area contributed by atoms with Crippen LogP contribution >= 0.6 is 43.2 Å². The average Bonchev–Trinajstić information content (AvgIpc) is 2.89. The highest BCUT2D eigenvalue weighted by atomic mass is 79.9. The summed E-state index contributed by atoms with van der Waals surface area (Å²) in [6.45, 7) is 4.00. The molecule has 3 rings (SSSR count). The van der Waals surface area contributed by atoms with Crippen molar-refractivity contribution in [2.45, 2.75) is 13.8 Å². The van der Waals surface area contributed by atoms with Crippen molar-refractivity contribution in [3.63, 3.8) is 0 Å². The van der Waals surface area contributed by atoms with E-state index < -0.39 is 0 Å². The Morgan fingerprint density at radius 3 is 2.79 bits per heavy atom. The van der Waals surface area contributed by atoms with E-state index in [0.29, 0.717) is 10.9 Å². The van der Waals surface area contributed by atoms with Crippen LogP contribution in [0.5, 0.6) is 5.75 Å². The number of anilines is 1. The third-order valence-electron chi connectivity index (χ3n) is 3.33. The second-order valence-electron chi connectivity index (χ2n) is 5.36. The maximum Gasteiger partial charge on any atom is 0.264 e. The van der Waals surface area contributed by atoms with Gasteiger partial charge in [0.15, 0.2) is 11.7 Å². The fraction of sp³-hybridized carbons (Fsp3) is 0.176. The number of nitrogens with one attached hydrogen (secondary N) is 1. The van der Waals surface area contributed by atoms with Crippen molar-refractivity contribution in [3.05, 3.63) is 50.4 Å². The normalized spacial score (nSPS) is 10.8. The number of thiazole rings is 1. The van der Waals surface area contributed by atoms with Crippen molar-refractivity contribution in [1.82, 2.24) is 4.98 Å². The van der Waals surface area contributed by atoms with Gasteiger partial charge in [0.05, 0.1) is 14.7 Å². The van der Waals surface area contributed by atoms with Gasteiger partial charge in [-0.05, 0) is 65.2 Å². The van der Waals surface area contributed by atoms with E-state index in [4.69, 9.17) is 4.74 Å². The summed E-state index contributed by atoms with van der Waals surface area (Å²) in [4.78, 5) is 16.6. The van der Waals surface area contributed by atoms with Crippen molar-refractivity contribution in [2.24, 2.45) is 0 Å². The average molecular weight is 470 g/mol. The summed E-state index contributed by atoms with van der Waals surface area (Å²) < 4.78 is 8.33. The van der Waals surface area contributed by atoms with Crippen LogP contribution in [-0.4, -0.2) is 17.5 Å². The molecular formula is C17H14Br2N2O2S. The van der Waals surface area contributed by atoms with E-state index in [-0.39, 0.29) is 12.5 Å².